The Morgan fingerprint density at radius 2 is 1.84 bits per heavy atom. The number of amides is 1. The van der Waals surface area contributed by atoms with E-state index in [1.165, 1.54) is 7.11 Å². The van der Waals surface area contributed by atoms with E-state index in [9.17, 15) is 9.90 Å². The average molecular weight is 358 g/mol. The number of methoxy groups -OCH3 is 1. The van der Waals surface area contributed by atoms with Gasteiger partial charge < -0.3 is 15.2 Å². The number of phenols is 1. The largest absolute Gasteiger partial charge is 0.506 e. The van der Waals surface area contributed by atoms with Crippen molar-refractivity contribution in [3.8, 4) is 11.5 Å². The summed E-state index contributed by atoms with van der Waals surface area (Å²) in [5.74, 6) is 0.128. The molecule has 6 heteroatoms. The predicted octanol–water partition coefficient (Wildman–Crippen LogP) is 3.83. The van der Waals surface area contributed by atoms with Crippen LogP contribution in [-0.4, -0.2) is 23.2 Å². The summed E-state index contributed by atoms with van der Waals surface area (Å²) in [6.07, 6.45) is 0. The van der Waals surface area contributed by atoms with E-state index in [0.29, 0.717) is 17.0 Å². The number of ether oxygens (including phenoxy) is 1. The number of carbonyl (C=O) groups is 1. The Hall–Kier alpha value is -2.60. The molecule has 5 nitrogen and oxygen atoms in total. The lowest BCUT2D eigenvalue weighted by Gasteiger charge is -2.21. The number of aromatic hydroxyl groups is 1. The number of hydrogen-bond acceptors (Lipinski definition) is 4. The second kappa shape index (κ2) is 7.53. The zero-order chi connectivity index (χ0) is 18.6. The van der Waals surface area contributed by atoms with E-state index in [0.717, 1.165) is 5.56 Å². The molecule has 0 fully saturated rings. The van der Waals surface area contributed by atoms with Crippen LogP contribution >= 0.6 is 12.2 Å². The van der Waals surface area contributed by atoms with Gasteiger partial charge in [-0.3, -0.25) is 10.1 Å². The molecule has 0 aliphatic heterocycles. The normalized spacial score (nSPS) is 10.9. The summed E-state index contributed by atoms with van der Waals surface area (Å²) < 4.78 is 5.17. The Bertz CT molecular complexity index is 797. The molecule has 2 aromatic rings. The van der Waals surface area contributed by atoms with Crippen molar-refractivity contribution in [3.63, 3.8) is 0 Å². The van der Waals surface area contributed by atoms with Crippen LogP contribution < -0.4 is 15.4 Å². The van der Waals surface area contributed by atoms with Gasteiger partial charge in [0.25, 0.3) is 5.91 Å². The van der Waals surface area contributed by atoms with Crippen LogP contribution in [0, 0.1) is 0 Å². The first-order valence-corrected chi connectivity index (χ1v) is 8.22. The first kappa shape index (κ1) is 18.7. The SMILES string of the molecule is COc1ccccc1C(=O)NC(=S)Nc1cc(C(C)(C)C)ccc1O. The van der Waals surface area contributed by atoms with Crippen molar-refractivity contribution >= 4 is 28.9 Å². The average Bonchev–Trinajstić information content (AvgIpc) is 2.55. The van der Waals surface area contributed by atoms with Crippen LogP contribution in [0.4, 0.5) is 5.69 Å². The van der Waals surface area contributed by atoms with E-state index >= 15 is 0 Å². The third-order valence-corrected chi connectivity index (χ3v) is 3.89. The number of para-hydroxylation sites is 1. The number of anilines is 1. The molecular weight excluding hydrogens is 336 g/mol. The summed E-state index contributed by atoms with van der Waals surface area (Å²) in [5, 5.41) is 15.6. The second-order valence-corrected chi connectivity index (χ2v) is 7.00. The van der Waals surface area contributed by atoms with Crippen LogP contribution in [0.3, 0.4) is 0 Å². The topological polar surface area (TPSA) is 70.6 Å². The molecule has 0 spiro atoms. The van der Waals surface area contributed by atoms with Crippen molar-refractivity contribution in [1.82, 2.24) is 5.32 Å². The summed E-state index contributed by atoms with van der Waals surface area (Å²) in [4.78, 5) is 12.4. The van der Waals surface area contributed by atoms with Gasteiger partial charge in [0.05, 0.1) is 18.4 Å². The van der Waals surface area contributed by atoms with Crippen molar-refractivity contribution in [2.75, 3.05) is 12.4 Å². The van der Waals surface area contributed by atoms with Crippen LogP contribution in [0.1, 0.15) is 36.7 Å². The fraction of sp³-hybridized carbons (Fsp3) is 0.263. The van der Waals surface area contributed by atoms with Gasteiger partial charge in [0.2, 0.25) is 0 Å². The number of hydrogen-bond donors (Lipinski definition) is 3. The fourth-order valence-corrected chi connectivity index (χ4v) is 2.46. The van der Waals surface area contributed by atoms with Crippen molar-refractivity contribution in [1.29, 1.82) is 0 Å². The quantitative estimate of drug-likeness (QED) is 0.575. The first-order chi connectivity index (χ1) is 11.7. The molecular formula is C19H22N2O3S. The minimum Gasteiger partial charge on any atom is -0.506 e. The zero-order valence-electron chi connectivity index (χ0n) is 14.7. The lowest BCUT2D eigenvalue weighted by atomic mass is 9.87. The van der Waals surface area contributed by atoms with E-state index < -0.39 is 0 Å². The highest BCUT2D eigenvalue weighted by Crippen LogP contribution is 2.30. The summed E-state index contributed by atoms with van der Waals surface area (Å²) in [7, 11) is 1.50. The maximum atomic E-state index is 12.4. The van der Waals surface area contributed by atoms with Gasteiger partial charge in [-0.2, -0.15) is 0 Å². The van der Waals surface area contributed by atoms with E-state index in [2.05, 4.69) is 31.4 Å². The molecule has 0 heterocycles. The molecule has 2 rings (SSSR count). The minimum absolute atomic E-state index is 0.0573. The number of benzene rings is 2. The molecule has 0 saturated heterocycles. The van der Waals surface area contributed by atoms with E-state index in [1.807, 2.05) is 12.1 Å². The molecule has 132 valence electrons. The van der Waals surface area contributed by atoms with Crippen molar-refractivity contribution in [2.24, 2.45) is 0 Å². The monoisotopic (exact) mass is 358 g/mol. The zero-order valence-corrected chi connectivity index (χ0v) is 15.5. The Kier molecular flexibility index (Phi) is 5.64. The summed E-state index contributed by atoms with van der Waals surface area (Å²) in [5.41, 5.74) is 1.78. The number of nitrogens with one attached hydrogen (secondary N) is 2. The van der Waals surface area contributed by atoms with Crippen molar-refractivity contribution in [3.05, 3.63) is 53.6 Å². The molecule has 25 heavy (non-hydrogen) atoms. The first-order valence-electron chi connectivity index (χ1n) is 7.81. The summed E-state index contributed by atoms with van der Waals surface area (Å²) in [6.45, 7) is 6.22. The van der Waals surface area contributed by atoms with Gasteiger partial charge in [-0.25, -0.2) is 0 Å². The number of rotatable bonds is 3. The molecule has 0 aliphatic carbocycles. The fourth-order valence-electron chi connectivity index (χ4n) is 2.26. The molecule has 0 radical (unpaired) electrons. The van der Waals surface area contributed by atoms with E-state index in [1.54, 1.807) is 30.3 Å². The predicted molar refractivity (Wildman–Crippen MR) is 103 cm³/mol. The minimum atomic E-state index is -0.388. The van der Waals surface area contributed by atoms with Gasteiger partial charge >= 0.3 is 0 Å². The molecule has 0 bridgehead atoms. The van der Waals surface area contributed by atoms with E-state index in [4.69, 9.17) is 17.0 Å². The highest BCUT2D eigenvalue weighted by Gasteiger charge is 2.17. The highest BCUT2D eigenvalue weighted by molar-refractivity contribution is 7.80. The summed E-state index contributed by atoms with van der Waals surface area (Å²) >= 11 is 5.19. The number of phenolic OH excluding ortho intramolecular Hbond substituents is 1. The van der Waals surface area contributed by atoms with Crippen LogP contribution in [0.25, 0.3) is 0 Å². The standard InChI is InChI=1S/C19H22N2O3S/c1-19(2,3)12-9-10-15(22)14(11-12)20-18(25)21-17(23)13-7-5-6-8-16(13)24-4/h5-11,22H,1-4H3,(H2,20,21,23,25). The Labute approximate surface area is 153 Å². The molecule has 2 aromatic carbocycles. The van der Waals surface area contributed by atoms with Gasteiger partial charge in [0.1, 0.15) is 11.5 Å². The van der Waals surface area contributed by atoms with Crippen LogP contribution in [0.5, 0.6) is 11.5 Å². The van der Waals surface area contributed by atoms with Crippen LogP contribution in [0.2, 0.25) is 0 Å². The molecule has 0 aromatic heterocycles. The molecule has 3 N–H and O–H groups in total. The molecule has 0 atom stereocenters. The third-order valence-electron chi connectivity index (χ3n) is 3.69. The molecule has 0 unspecified atom stereocenters. The van der Waals surface area contributed by atoms with Gasteiger partial charge in [0, 0.05) is 0 Å². The number of thiocarbonyl (C=S) groups is 1. The molecule has 0 saturated carbocycles. The van der Waals surface area contributed by atoms with Gasteiger partial charge in [0.15, 0.2) is 5.11 Å². The maximum Gasteiger partial charge on any atom is 0.261 e. The lowest BCUT2D eigenvalue weighted by molar-refractivity contribution is 0.0974. The third kappa shape index (κ3) is 4.70. The Morgan fingerprint density at radius 3 is 2.48 bits per heavy atom. The smallest absolute Gasteiger partial charge is 0.261 e. The number of carbonyl (C=O) groups excluding carboxylic acids is 1. The Balaban J connectivity index is 2.14. The van der Waals surface area contributed by atoms with Crippen molar-refractivity contribution in [2.45, 2.75) is 26.2 Å². The van der Waals surface area contributed by atoms with Gasteiger partial charge in [-0.05, 0) is 47.5 Å². The molecule has 1 amide bonds. The van der Waals surface area contributed by atoms with Gasteiger partial charge in [-0.1, -0.05) is 39.0 Å². The Morgan fingerprint density at radius 1 is 1.16 bits per heavy atom. The van der Waals surface area contributed by atoms with Crippen molar-refractivity contribution < 1.29 is 14.6 Å². The van der Waals surface area contributed by atoms with Crippen LogP contribution in [-0.2, 0) is 5.41 Å². The lowest BCUT2D eigenvalue weighted by Crippen LogP contribution is -2.34. The molecule has 0 aliphatic rings. The maximum absolute atomic E-state index is 12.4. The van der Waals surface area contributed by atoms with Gasteiger partial charge in [-0.15, -0.1) is 0 Å². The van der Waals surface area contributed by atoms with E-state index in [-0.39, 0.29) is 22.2 Å². The van der Waals surface area contributed by atoms with Crippen LogP contribution in [0.15, 0.2) is 42.5 Å². The highest BCUT2D eigenvalue weighted by atomic mass is 32.1. The second-order valence-electron chi connectivity index (χ2n) is 6.59. The summed E-state index contributed by atoms with van der Waals surface area (Å²) in [6, 6.07) is 12.1.